The first kappa shape index (κ1) is 24.2. The third-order valence-electron chi connectivity index (χ3n) is 4.68. The van der Waals surface area contributed by atoms with Gasteiger partial charge in [-0.25, -0.2) is 8.42 Å². The van der Waals surface area contributed by atoms with Crippen molar-refractivity contribution >= 4 is 39.8 Å². The Morgan fingerprint density at radius 2 is 1.96 bits per heavy atom. The molecule has 1 heterocycles. The largest absolute Gasteiger partial charge is 0.381 e. The van der Waals surface area contributed by atoms with Crippen LogP contribution >= 0.6 is 24.0 Å². The van der Waals surface area contributed by atoms with Gasteiger partial charge in [-0.1, -0.05) is 30.3 Å². The van der Waals surface area contributed by atoms with Crippen molar-refractivity contribution in [2.75, 3.05) is 45.6 Å². The van der Waals surface area contributed by atoms with Crippen LogP contribution in [0.3, 0.4) is 0 Å². The van der Waals surface area contributed by atoms with E-state index in [0.717, 1.165) is 32.0 Å². The third kappa shape index (κ3) is 7.23. The van der Waals surface area contributed by atoms with Gasteiger partial charge in [0, 0.05) is 33.3 Å². The van der Waals surface area contributed by atoms with Gasteiger partial charge in [-0.3, -0.25) is 4.99 Å². The molecule has 0 amide bonds. The van der Waals surface area contributed by atoms with Crippen LogP contribution in [0.2, 0.25) is 0 Å². The van der Waals surface area contributed by atoms with Crippen LogP contribution in [-0.4, -0.2) is 69.7 Å². The van der Waals surface area contributed by atoms with Crippen LogP contribution in [0.4, 0.5) is 0 Å². The van der Waals surface area contributed by atoms with Crippen molar-refractivity contribution in [1.82, 2.24) is 10.2 Å². The molecule has 1 aromatic carbocycles. The Hall–Kier alpha value is -0.870. The fourth-order valence-electron chi connectivity index (χ4n) is 2.97. The molecule has 1 aliphatic heterocycles. The SMILES string of the molecule is CN=C(NCCCOCCc1ccccc1)N1CCS(=O)(=O)C(C)(C)C1.I. The number of nitrogens with one attached hydrogen (secondary N) is 1. The fourth-order valence-corrected chi connectivity index (χ4v) is 4.33. The Kier molecular flexibility index (Phi) is 10.0. The van der Waals surface area contributed by atoms with Gasteiger partial charge in [0.25, 0.3) is 0 Å². The molecule has 1 aliphatic rings. The number of rotatable bonds is 7. The number of hydrogen-bond acceptors (Lipinski definition) is 4. The maximum atomic E-state index is 12.1. The smallest absolute Gasteiger partial charge is 0.193 e. The van der Waals surface area contributed by atoms with Gasteiger partial charge in [0.15, 0.2) is 15.8 Å². The van der Waals surface area contributed by atoms with Crippen molar-refractivity contribution in [1.29, 1.82) is 0 Å². The molecule has 154 valence electrons. The van der Waals surface area contributed by atoms with E-state index in [0.29, 0.717) is 19.7 Å². The van der Waals surface area contributed by atoms with Crippen LogP contribution in [0.1, 0.15) is 25.8 Å². The molecule has 1 saturated heterocycles. The second-order valence-electron chi connectivity index (χ2n) is 7.18. The summed E-state index contributed by atoms with van der Waals surface area (Å²) in [6.07, 6.45) is 1.80. The zero-order valence-electron chi connectivity index (χ0n) is 16.5. The second-order valence-corrected chi connectivity index (χ2v) is 9.92. The molecule has 27 heavy (non-hydrogen) atoms. The number of hydrogen-bond donors (Lipinski definition) is 1. The van der Waals surface area contributed by atoms with Crippen LogP contribution in [0.25, 0.3) is 0 Å². The molecule has 0 aliphatic carbocycles. The van der Waals surface area contributed by atoms with E-state index in [-0.39, 0.29) is 29.7 Å². The summed E-state index contributed by atoms with van der Waals surface area (Å²) in [4.78, 5) is 6.32. The monoisotopic (exact) mass is 509 g/mol. The zero-order valence-corrected chi connectivity index (χ0v) is 19.6. The lowest BCUT2D eigenvalue weighted by Crippen LogP contribution is -2.57. The summed E-state index contributed by atoms with van der Waals surface area (Å²) in [6, 6.07) is 10.3. The standard InChI is InChI=1S/C19H31N3O3S.HI/c1-19(2)16-22(12-15-26(19,23)24)18(20-3)21-11-7-13-25-14-10-17-8-5-4-6-9-17;/h4-6,8-9H,7,10-16H2,1-3H3,(H,20,21);1H. The number of ether oxygens (including phenoxy) is 1. The molecular formula is C19H32IN3O3S. The quantitative estimate of drug-likeness (QED) is 0.265. The van der Waals surface area contributed by atoms with Gasteiger partial charge in [0.2, 0.25) is 0 Å². The first-order chi connectivity index (χ1) is 12.4. The molecular weight excluding hydrogens is 477 g/mol. The highest BCUT2D eigenvalue weighted by Crippen LogP contribution is 2.23. The Morgan fingerprint density at radius 3 is 2.59 bits per heavy atom. The number of sulfone groups is 1. The first-order valence-corrected chi connectivity index (χ1v) is 10.8. The van der Waals surface area contributed by atoms with Crippen molar-refractivity contribution < 1.29 is 13.2 Å². The van der Waals surface area contributed by atoms with E-state index in [1.807, 2.05) is 23.1 Å². The Bertz CT molecular complexity index is 693. The molecule has 0 spiro atoms. The minimum atomic E-state index is -3.04. The third-order valence-corrected chi connectivity index (χ3v) is 7.21. The Morgan fingerprint density at radius 1 is 1.26 bits per heavy atom. The van der Waals surface area contributed by atoms with E-state index in [1.165, 1.54) is 5.56 Å². The van der Waals surface area contributed by atoms with E-state index < -0.39 is 14.6 Å². The first-order valence-electron chi connectivity index (χ1n) is 9.15. The van der Waals surface area contributed by atoms with E-state index in [2.05, 4.69) is 22.4 Å². The van der Waals surface area contributed by atoms with Gasteiger partial charge in [-0.15, -0.1) is 24.0 Å². The number of aliphatic imine (C=N–C) groups is 1. The lowest BCUT2D eigenvalue weighted by atomic mass is 10.2. The summed E-state index contributed by atoms with van der Waals surface area (Å²) in [5, 5.41) is 3.31. The Labute approximate surface area is 180 Å². The van der Waals surface area contributed by atoms with Crippen LogP contribution in [0, 0.1) is 0 Å². The van der Waals surface area contributed by atoms with Crippen molar-refractivity contribution in [2.24, 2.45) is 4.99 Å². The summed E-state index contributed by atoms with van der Waals surface area (Å²) in [7, 11) is -1.31. The molecule has 0 unspecified atom stereocenters. The molecule has 6 nitrogen and oxygen atoms in total. The van der Waals surface area contributed by atoms with Crippen LogP contribution < -0.4 is 5.32 Å². The highest BCUT2D eigenvalue weighted by molar-refractivity contribution is 14.0. The van der Waals surface area contributed by atoms with Gasteiger partial charge in [0.1, 0.15) is 0 Å². The molecule has 0 saturated carbocycles. The van der Waals surface area contributed by atoms with Gasteiger partial charge >= 0.3 is 0 Å². The lowest BCUT2D eigenvalue weighted by molar-refractivity contribution is 0.135. The summed E-state index contributed by atoms with van der Waals surface area (Å²) in [5.41, 5.74) is 1.29. The molecule has 0 atom stereocenters. The van der Waals surface area contributed by atoms with Gasteiger partial charge in [0.05, 0.1) is 17.1 Å². The second kappa shape index (κ2) is 11.2. The summed E-state index contributed by atoms with van der Waals surface area (Å²) in [5.74, 6) is 0.931. The lowest BCUT2D eigenvalue weighted by Gasteiger charge is -2.39. The highest BCUT2D eigenvalue weighted by atomic mass is 127. The fraction of sp³-hybridized carbons (Fsp3) is 0.632. The number of guanidine groups is 1. The van der Waals surface area contributed by atoms with E-state index in [9.17, 15) is 8.42 Å². The number of benzene rings is 1. The molecule has 0 bridgehead atoms. The van der Waals surface area contributed by atoms with E-state index >= 15 is 0 Å². The van der Waals surface area contributed by atoms with E-state index in [1.54, 1.807) is 20.9 Å². The molecule has 0 radical (unpaired) electrons. The van der Waals surface area contributed by atoms with Crippen molar-refractivity contribution in [3.05, 3.63) is 35.9 Å². The predicted octanol–water partition coefficient (Wildman–Crippen LogP) is 2.34. The molecule has 1 N–H and O–H groups in total. The zero-order chi connectivity index (χ0) is 19.0. The van der Waals surface area contributed by atoms with E-state index in [4.69, 9.17) is 4.74 Å². The predicted molar refractivity (Wildman–Crippen MR) is 122 cm³/mol. The van der Waals surface area contributed by atoms with Crippen LogP contribution in [-0.2, 0) is 21.0 Å². The maximum absolute atomic E-state index is 12.1. The van der Waals surface area contributed by atoms with Crippen molar-refractivity contribution in [2.45, 2.75) is 31.4 Å². The number of nitrogens with zero attached hydrogens (tertiary/aromatic N) is 2. The molecule has 1 fully saturated rings. The maximum Gasteiger partial charge on any atom is 0.193 e. The summed E-state index contributed by atoms with van der Waals surface area (Å²) in [6.45, 7) is 6.67. The normalized spacial score (nSPS) is 18.6. The average Bonchev–Trinajstić information content (AvgIpc) is 2.61. The average molecular weight is 509 g/mol. The summed E-state index contributed by atoms with van der Waals surface area (Å²) < 4.78 is 29.2. The molecule has 2 rings (SSSR count). The van der Waals surface area contributed by atoms with Gasteiger partial charge in [-0.2, -0.15) is 0 Å². The molecule has 1 aromatic rings. The van der Waals surface area contributed by atoms with Crippen LogP contribution in [0.15, 0.2) is 35.3 Å². The van der Waals surface area contributed by atoms with Crippen molar-refractivity contribution in [3.8, 4) is 0 Å². The topological polar surface area (TPSA) is 71.0 Å². The van der Waals surface area contributed by atoms with Gasteiger partial charge < -0.3 is 15.0 Å². The molecule has 8 heteroatoms. The number of halogens is 1. The Balaban J connectivity index is 0.00000364. The summed E-state index contributed by atoms with van der Waals surface area (Å²) >= 11 is 0. The van der Waals surface area contributed by atoms with Crippen molar-refractivity contribution in [3.63, 3.8) is 0 Å². The highest BCUT2D eigenvalue weighted by Gasteiger charge is 2.40. The van der Waals surface area contributed by atoms with Gasteiger partial charge in [-0.05, 0) is 32.3 Å². The molecule has 0 aromatic heterocycles. The minimum Gasteiger partial charge on any atom is -0.381 e. The van der Waals surface area contributed by atoms with Crippen LogP contribution in [0.5, 0.6) is 0 Å². The minimum absolute atomic E-state index is 0.